The average Bonchev–Trinajstić information content (AvgIpc) is 3.45. The molecule has 0 amide bonds. The Bertz CT molecular complexity index is 1200. The minimum Gasteiger partial charge on any atom is -0.502 e. The number of methoxy groups -OCH3 is 4. The molecular weight excluding hydrogens is 560 g/mol. The first-order valence-corrected chi connectivity index (χ1v) is 13.1. The first-order valence-electron chi connectivity index (χ1n) is 13.1. The SMILES string of the molecule is COc1cc(C(=O)C2COC(c3cc(OC)c(O[C@@H]4O[C@H](CO)[C@@H](O)[C@H](O)[C@H]4O)c(OC)c3)C2CO)cc(OC)c1O. The maximum Gasteiger partial charge on any atom is 0.229 e. The van der Waals surface area contributed by atoms with Gasteiger partial charge in [0.05, 0.1) is 53.7 Å². The lowest BCUT2D eigenvalue weighted by Gasteiger charge is -2.39. The summed E-state index contributed by atoms with van der Waals surface area (Å²) in [5, 5.41) is 60.7. The van der Waals surface area contributed by atoms with Gasteiger partial charge in [0.25, 0.3) is 0 Å². The molecule has 0 bridgehead atoms. The van der Waals surface area contributed by atoms with Crippen LogP contribution in [0.25, 0.3) is 0 Å². The van der Waals surface area contributed by atoms with Crippen LogP contribution in [0.15, 0.2) is 24.3 Å². The molecule has 2 aromatic rings. The van der Waals surface area contributed by atoms with Gasteiger partial charge in [-0.3, -0.25) is 4.79 Å². The van der Waals surface area contributed by atoms with Crippen LogP contribution in [0.1, 0.15) is 22.0 Å². The molecule has 0 saturated carbocycles. The highest BCUT2D eigenvalue weighted by molar-refractivity contribution is 5.99. The van der Waals surface area contributed by atoms with E-state index >= 15 is 0 Å². The molecule has 0 aromatic heterocycles. The molecular formula is C28H36O14. The molecule has 6 N–H and O–H groups in total. The van der Waals surface area contributed by atoms with Gasteiger partial charge in [0.1, 0.15) is 24.4 Å². The van der Waals surface area contributed by atoms with E-state index in [2.05, 4.69) is 0 Å². The summed E-state index contributed by atoms with van der Waals surface area (Å²) < 4.78 is 38.6. The molecule has 4 rings (SSSR count). The zero-order chi connectivity index (χ0) is 30.7. The molecule has 8 atom stereocenters. The molecule has 0 aliphatic carbocycles. The third kappa shape index (κ3) is 5.79. The van der Waals surface area contributed by atoms with E-state index in [1.165, 1.54) is 40.6 Å². The van der Waals surface area contributed by atoms with Crippen molar-refractivity contribution in [2.24, 2.45) is 11.8 Å². The normalized spacial score (nSPS) is 29.2. The Morgan fingerprint density at radius 3 is 1.90 bits per heavy atom. The summed E-state index contributed by atoms with van der Waals surface area (Å²) in [6.07, 6.45) is -8.34. The van der Waals surface area contributed by atoms with E-state index in [4.69, 9.17) is 33.2 Å². The van der Waals surface area contributed by atoms with Crippen molar-refractivity contribution >= 4 is 5.78 Å². The van der Waals surface area contributed by atoms with E-state index in [1.807, 2.05) is 0 Å². The summed E-state index contributed by atoms with van der Waals surface area (Å²) in [7, 11) is 5.41. The largest absolute Gasteiger partial charge is 0.502 e. The fraction of sp³-hybridized carbons (Fsp3) is 0.536. The molecule has 14 nitrogen and oxygen atoms in total. The second-order valence-corrected chi connectivity index (χ2v) is 9.87. The van der Waals surface area contributed by atoms with Gasteiger partial charge in [0.15, 0.2) is 28.8 Å². The molecule has 0 spiro atoms. The Hall–Kier alpha value is -3.37. The predicted octanol–water partition coefficient (Wildman–Crippen LogP) is -0.216. The van der Waals surface area contributed by atoms with Crippen LogP contribution in [0.5, 0.6) is 34.5 Å². The van der Waals surface area contributed by atoms with E-state index < -0.39 is 61.9 Å². The number of carbonyl (C=O) groups is 1. The number of benzene rings is 2. The van der Waals surface area contributed by atoms with Crippen molar-refractivity contribution in [3.8, 4) is 34.5 Å². The molecule has 3 unspecified atom stereocenters. The first-order chi connectivity index (χ1) is 20.1. The lowest BCUT2D eigenvalue weighted by atomic mass is 9.83. The molecule has 2 saturated heterocycles. The molecule has 2 aliphatic rings. The van der Waals surface area contributed by atoms with Crippen LogP contribution in [-0.4, -0.2) is 115 Å². The zero-order valence-electron chi connectivity index (χ0n) is 23.5. The van der Waals surface area contributed by atoms with E-state index in [-0.39, 0.29) is 52.5 Å². The van der Waals surface area contributed by atoms with Gasteiger partial charge >= 0.3 is 0 Å². The van der Waals surface area contributed by atoms with E-state index in [0.29, 0.717) is 5.56 Å². The minimum atomic E-state index is -1.67. The van der Waals surface area contributed by atoms with Crippen molar-refractivity contribution in [3.63, 3.8) is 0 Å². The lowest BCUT2D eigenvalue weighted by molar-refractivity contribution is -0.277. The number of hydrogen-bond donors (Lipinski definition) is 6. The van der Waals surface area contributed by atoms with Crippen LogP contribution in [-0.2, 0) is 9.47 Å². The number of aliphatic hydroxyl groups excluding tert-OH is 5. The number of ketones is 1. The summed E-state index contributed by atoms with van der Waals surface area (Å²) in [6, 6.07) is 5.88. The summed E-state index contributed by atoms with van der Waals surface area (Å²) in [4.78, 5) is 13.5. The Morgan fingerprint density at radius 2 is 1.40 bits per heavy atom. The van der Waals surface area contributed by atoms with Crippen molar-refractivity contribution in [2.45, 2.75) is 36.8 Å². The molecule has 2 heterocycles. The van der Waals surface area contributed by atoms with Gasteiger partial charge in [-0.25, -0.2) is 0 Å². The van der Waals surface area contributed by atoms with Gasteiger partial charge in [-0.2, -0.15) is 0 Å². The van der Waals surface area contributed by atoms with Crippen molar-refractivity contribution in [1.29, 1.82) is 0 Å². The smallest absolute Gasteiger partial charge is 0.229 e. The molecule has 2 aromatic carbocycles. The monoisotopic (exact) mass is 596 g/mol. The van der Waals surface area contributed by atoms with Gasteiger partial charge in [-0.15, -0.1) is 0 Å². The maximum atomic E-state index is 13.5. The molecule has 0 radical (unpaired) electrons. The van der Waals surface area contributed by atoms with Crippen molar-refractivity contribution < 1.29 is 68.6 Å². The number of phenolic OH excluding ortho intramolecular Hbond substituents is 1. The zero-order valence-corrected chi connectivity index (χ0v) is 23.5. The van der Waals surface area contributed by atoms with Crippen LogP contribution in [0.3, 0.4) is 0 Å². The topological polar surface area (TPSA) is 203 Å². The number of Topliss-reactive ketones (excluding diaryl/α,β-unsaturated/α-hetero) is 1. The number of ether oxygens (including phenoxy) is 7. The number of carbonyl (C=O) groups excluding carboxylic acids is 1. The van der Waals surface area contributed by atoms with E-state index in [1.54, 1.807) is 12.1 Å². The average molecular weight is 597 g/mol. The third-order valence-corrected chi connectivity index (χ3v) is 7.57. The predicted molar refractivity (Wildman–Crippen MR) is 142 cm³/mol. The van der Waals surface area contributed by atoms with E-state index in [9.17, 15) is 35.4 Å². The standard InChI is InChI=1S/C28H36O14/c1-36-16-5-12(6-17(37-2)22(16)32)21(31)15-11-40-26(14(15)9-29)13-7-18(38-3)27(19(8-13)39-4)42-28-25(35)24(34)23(33)20(10-30)41-28/h5-8,14-15,20,23-26,28-30,32-35H,9-11H2,1-4H3/t14?,15?,20-,23-,24+,25-,26?,28+/m1/s1. The first kappa shape index (κ1) is 31.6. The fourth-order valence-electron chi connectivity index (χ4n) is 5.21. The van der Waals surface area contributed by atoms with Crippen LogP contribution in [0.4, 0.5) is 0 Å². The Kier molecular flexibility index (Phi) is 9.99. The number of aliphatic hydroxyl groups is 5. The Morgan fingerprint density at radius 1 is 0.833 bits per heavy atom. The number of rotatable bonds is 11. The highest BCUT2D eigenvalue weighted by Crippen LogP contribution is 2.47. The molecule has 14 heteroatoms. The van der Waals surface area contributed by atoms with Crippen LogP contribution in [0.2, 0.25) is 0 Å². The Labute approximate surface area is 241 Å². The molecule has 2 fully saturated rings. The molecule has 42 heavy (non-hydrogen) atoms. The second kappa shape index (κ2) is 13.3. The van der Waals surface area contributed by atoms with Gasteiger partial charge < -0.3 is 63.8 Å². The third-order valence-electron chi connectivity index (χ3n) is 7.57. The van der Waals surface area contributed by atoms with E-state index in [0.717, 1.165) is 0 Å². The maximum absolute atomic E-state index is 13.5. The van der Waals surface area contributed by atoms with Gasteiger partial charge in [0.2, 0.25) is 17.8 Å². The quantitative estimate of drug-likeness (QED) is 0.186. The van der Waals surface area contributed by atoms with Gasteiger partial charge in [-0.1, -0.05) is 0 Å². The Balaban J connectivity index is 1.63. The summed E-state index contributed by atoms with van der Waals surface area (Å²) in [5.74, 6) is -1.72. The van der Waals surface area contributed by atoms with Crippen LogP contribution in [0, 0.1) is 11.8 Å². The summed E-state index contributed by atoms with van der Waals surface area (Å²) in [6.45, 7) is -1.06. The van der Waals surface area contributed by atoms with Crippen molar-refractivity contribution in [1.82, 2.24) is 0 Å². The van der Waals surface area contributed by atoms with Crippen LogP contribution >= 0.6 is 0 Å². The summed E-state index contributed by atoms with van der Waals surface area (Å²) >= 11 is 0. The van der Waals surface area contributed by atoms with Crippen LogP contribution < -0.4 is 23.7 Å². The number of phenols is 1. The highest BCUT2D eigenvalue weighted by atomic mass is 16.7. The number of aromatic hydroxyl groups is 1. The highest BCUT2D eigenvalue weighted by Gasteiger charge is 2.46. The van der Waals surface area contributed by atoms with Gasteiger partial charge in [-0.05, 0) is 29.8 Å². The fourth-order valence-corrected chi connectivity index (χ4v) is 5.21. The summed E-state index contributed by atoms with van der Waals surface area (Å²) in [5.41, 5.74) is 0.688. The van der Waals surface area contributed by atoms with Crippen molar-refractivity contribution in [3.05, 3.63) is 35.4 Å². The molecule has 2 aliphatic heterocycles. The lowest BCUT2D eigenvalue weighted by Crippen LogP contribution is -2.60. The van der Waals surface area contributed by atoms with Gasteiger partial charge in [0, 0.05) is 18.1 Å². The minimum absolute atomic E-state index is 0.0115. The second-order valence-electron chi connectivity index (χ2n) is 9.87. The molecule has 232 valence electrons. The van der Waals surface area contributed by atoms with Crippen molar-refractivity contribution in [2.75, 3.05) is 48.3 Å². The number of hydrogen-bond acceptors (Lipinski definition) is 14.